The molecule has 1 aliphatic rings. The Morgan fingerprint density at radius 1 is 1.19 bits per heavy atom. The average molecular weight is 397 g/mol. The van der Waals surface area contributed by atoms with E-state index in [1.165, 1.54) is 16.4 Å². The lowest BCUT2D eigenvalue weighted by atomic mass is 10.0. The minimum atomic E-state index is -3.54. The van der Waals surface area contributed by atoms with E-state index in [0.29, 0.717) is 31.7 Å². The number of carboxylic acid groups (broad SMARTS) is 1. The SMILES string of the molecule is CCN(CC)S(=O)(=O)c1ccc(NC(=O)CN2CCCCC2C(=O)O)cc1. The van der Waals surface area contributed by atoms with E-state index in [2.05, 4.69) is 5.32 Å². The van der Waals surface area contributed by atoms with Crippen molar-refractivity contribution in [2.45, 2.75) is 44.0 Å². The molecule has 1 aliphatic heterocycles. The molecule has 150 valence electrons. The van der Waals surface area contributed by atoms with Crippen molar-refractivity contribution in [2.24, 2.45) is 0 Å². The topological polar surface area (TPSA) is 107 Å². The fraction of sp³-hybridized carbons (Fsp3) is 0.556. The molecule has 2 N–H and O–H groups in total. The van der Waals surface area contributed by atoms with Gasteiger partial charge in [-0.2, -0.15) is 4.31 Å². The Morgan fingerprint density at radius 3 is 2.37 bits per heavy atom. The maximum absolute atomic E-state index is 12.5. The third-order valence-electron chi connectivity index (χ3n) is 4.73. The number of hydrogen-bond donors (Lipinski definition) is 2. The number of carbonyl (C=O) groups is 2. The van der Waals surface area contributed by atoms with Crippen molar-refractivity contribution in [1.82, 2.24) is 9.21 Å². The van der Waals surface area contributed by atoms with Gasteiger partial charge in [0.2, 0.25) is 15.9 Å². The lowest BCUT2D eigenvalue weighted by Crippen LogP contribution is -2.47. The molecule has 1 amide bonds. The number of carboxylic acids is 1. The van der Waals surface area contributed by atoms with E-state index >= 15 is 0 Å². The lowest BCUT2D eigenvalue weighted by Gasteiger charge is -2.32. The number of likely N-dealkylation sites (tertiary alicyclic amines) is 1. The molecule has 0 aromatic heterocycles. The summed E-state index contributed by atoms with van der Waals surface area (Å²) in [5.74, 6) is -1.23. The Morgan fingerprint density at radius 2 is 1.81 bits per heavy atom. The van der Waals surface area contributed by atoms with Crippen LogP contribution in [0.1, 0.15) is 33.1 Å². The van der Waals surface area contributed by atoms with E-state index in [4.69, 9.17) is 0 Å². The standard InChI is InChI=1S/C18H27N3O5S/c1-3-21(4-2)27(25,26)15-10-8-14(9-11-15)19-17(22)13-20-12-6-5-7-16(20)18(23)24/h8-11,16H,3-7,12-13H2,1-2H3,(H,19,22)(H,23,24). The smallest absolute Gasteiger partial charge is 0.320 e. The fourth-order valence-corrected chi connectivity index (χ4v) is 4.73. The van der Waals surface area contributed by atoms with Crippen LogP contribution in [-0.2, 0) is 19.6 Å². The molecule has 8 nitrogen and oxygen atoms in total. The zero-order chi connectivity index (χ0) is 20.0. The van der Waals surface area contributed by atoms with Gasteiger partial charge in [0.15, 0.2) is 0 Å². The van der Waals surface area contributed by atoms with Gasteiger partial charge in [0, 0.05) is 18.8 Å². The van der Waals surface area contributed by atoms with Crippen LogP contribution < -0.4 is 5.32 Å². The molecule has 1 saturated heterocycles. The second-order valence-corrected chi connectivity index (χ2v) is 8.42. The largest absolute Gasteiger partial charge is 0.480 e. The van der Waals surface area contributed by atoms with Crippen LogP contribution in [0.2, 0.25) is 0 Å². The molecule has 27 heavy (non-hydrogen) atoms. The predicted octanol–water partition coefficient (Wildman–Crippen LogP) is 1.59. The number of amides is 1. The Balaban J connectivity index is 2.01. The maximum Gasteiger partial charge on any atom is 0.320 e. The Labute approximate surface area is 160 Å². The van der Waals surface area contributed by atoms with E-state index < -0.39 is 22.0 Å². The Hall–Kier alpha value is -1.97. The number of hydrogen-bond acceptors (Lipinski definition) is 5. The predicted molar refractivity (Wildman–Crippen MR) is 102 cm³/mol. The van der Waals surface area contributed by atoms with Crippen molar-refractivity contribution in [3.8, 4) is 0 Å². The van der Waals surface area contributed by atoms with Gasteiger partial charge in [-0.15, -0.1) is 0 Å². The summed E-state index contributed by atoms with van der Waals surface area (Å²) in [5.41, 5.74) is 0.474. The number of nitrogens with zero attached hydrogens (tertiary/aromatic N) is 2. The highest BCUT2D eigenvalue weighted by Gasteiger charge is 2.29. The summed E-state index contributed by atoms with van der Waals surface area (Å²) >= 11 is 0. The zero-order valence-corrected chi connectivity index (χ0v) is 16.5. The molecule has 1 unspecified atom stereocenters. The van der Waals surface area contributed by atoms with Crippen LogP contribution in [0.4, 0.5) is 5.69 Å². The molecule has 1 aromatic carbocycles. The van der Waals surface area contributed by atoms with E-state index in [-0.39, 0.29) is 17.3 Å². The van der Waals surface area contributed by atoms with Crippen LogP contribution in [0.25, 0.3) is 0 Å². The summed E-state index contributed by atoms with van der Waals surface area (Å²) in [6, 6.07) is 5.37. The lowest BCUT2D eigenvalue weighted by molar-refractivity contribution is -0.145. The molecule has 0 spiro atoms. The molecule has 0 aliphatic carbocycles. The van der Waals surface area contributed by atoms with Crippen molar-refractivity contribution in [3.63, 3.8) is 0 Å². The van der Waals surface area contributed by atoms with Gasteiger partial charge in [0.25, 0.3) is 0 Å². The first-order valence-electron chi connectivity index (χ1n) is 9.16. The molecule has 1 heterocycles. The second kappa shape index (κ2) is 9.29. The molecule has 1 atom stereocenters. The van der Waals surface area contributed by atoms with Crippen molar-refractivity contribution in [3.05, 3.63) is 24.3 Å². The quantitative estimate of drug-likeness (QED) is 0.690. The molecule has 0 saturated carbocycles. The summed E-state index contributed by atoms with van der Waals surface area (Å²) < 4.78 is 26.3. The summed E-state index contributed by atoms with van der Waals surface area (Å²) in [4.78, 5) is 25.4. The first-order valence-corrected chi connectivity index (χ1v) is 10.6. The molecule has 0 bridgehead atoms. The van der Waals surface area contributed by atoms with Gasteiger partial charge < -0.3 is 10.4 Å². The number of piperidine rings is 1. The van der Waals surface area contributed by atoms with Gasteiger partial charge in [-0.3, -0.25) is 14.5 Å². The molecule has 0 radical (unpaired) electrons. The number of benzene rings is 1. The fourth-order valence-electron chi connectivity index (χ4n) is 3.27. The van der Waals surface area contributed by atoms with Crippen LogP contribution in [0, 0.1) is 0 Å². The molecular formula is C18H27N3O5S. The van der Waals surface area contributed by atoms with Gasteiger partial charge >= 0.3 is 5.97 Å². The highest BCUT2D eigenvalue weighted by atomic mass is 32.2. The van der Waals surface area contributed by atoms with Gasteiger partial charge in [-0.05, 0) is 43.7 Å². The minimum absolute atomic E-state index is 0.00351. The molecule has 1 fully saturated rings. The highest BCUT2D eigenvalue weighted by Crippen LogP contribution is 2.19. The molecule has 9 heteroatoms. The number of nitrogens with one attached hydrogen (secondary N) is 1. The summed E-state index contributed by atoms with van der Waals surface area (Å²) in [7, 11) is -3.54. The van der Waals surface area contributed by atoms with E-state index in [9.17, 15) is 23.1 Å². The number of sulfonamides is 1. The number of aliphatic carboxylic acids is 1. The minimum Gasteiger partial charge on any atom is -0.480 e. The Bertz CT molecular complexity index is 760. The van der Waals surface area contributed by atoms with Gasteiger partial charge in [0.05, 0.1) is 11.4 Å². The third kappa shape index (κ3) is 5.27. The zero-order valence-electron chi connectivity index (χ0n) is 15.7. The molecule has 1 aromatic rings. The van der Waals surface area contributed by atoms with Crippen LogP contribution in [0.15, 0.2) is 29.2 Å². The normalized spacial score (nSPS) is 18.4. The number of anilines is 1. The summed E-state index contributed by atoms with van der Waals surface area (Å²) in [6.07, 6.45) is 2.26. The van der Waals surface area contributed by atoms with E-state index in [1.54, 1.807) is 30.9 Å². The molecular weight excluding hydrogens is 370 g/mol. The highest BCUT2D eigenvalue weighted by molar-refractivity contribution is 7.89. The average Bonchev–Trinajstić information content (AvgIpc) is 2.63. The summed E-state index contributed by atoms with van der Waals surface area (Å²) in [6.45, 7) is 4.90. The van der Waals surface area contributed by atoms with Gasteiger partial charge in [-0.1, -0.05) is 20.3 Å². The van der Waals surface area contributed by atoms with Crippen molar-refractivity contribution in [1.29, 1.82) is 0 Å². The maximum atomic E-state index is 12.5. The first-order chi connectivity index (χ1) is 12.8. The number of carbonyl (C=O) groups excluding carboxylic acids is 1. The first kappa shape index (κ1) is 21.3. The van der Waals surface area contributed by atoms with Crippen LogP contribution in [0.3, 0.4) is 0 Å². The monoisotopic (exact) mass is 397 g/mol. The van der Waals surface area contributed by atoms with Gasteiger partial charge in [-0.25, -0.2) is 8.42 Å². The number of rotatable bonds is 8. The van der Waals surface area contributed by atoms with Crippen molar-refractivity contribution in [2.75, 3.05) is 31.5 Å². The Kier molecular flexibility index (Phi) is 7.34. The summed E-state index contributed by atoms with van der Waals surface area (Å²) in [5, 5.41) is 12.0. The van der Waals surface area contributed by atoms with Crippen LogP contribution in [-0.4, -0.2) is 66.8 Å². The van der Waals surface area contributed by atoms with E-state index in [0.717, 1.165) is 12.8 Å². The second-order valence-electron chi connectivity index (χ2n) is 6.48. The van der Waals surface area contributed by atoms with Crippen molar-refractivity contribution >= 4 is 27.6 Å². The third-order valence-corrected chi connectivity index (χ3v) is 6.79. The van der Waals surface area contributed by atoms with E-state index in [1.807, 2.05) is 0 Å². The van der Waals surface area contributed by atoms with Crippen molar-refractivity contribution < 1.29 is 23.1 Å². The molecule has 2 rings (SSSR count). The van der Waals surface area contributed by atoms with Gasteiger partial charge in [0.1, 0.15) is 6.04 Å². The van der Waals surface area contributed by atoms with Crippen LogP contribution in [0.5, 0.6) is 0 Å². The van der Waals surface area contributed by atoms with Crippen LogP contribution >= 0.6 is 0 Å².